The molecule has 1 aliphatic heterocycles. The molecule has 0 bridgehead atoms. The lowest BCUT2D eigenvalue weighted by Gasteiger charge is -2.13. The van der Waals surface area contributed by atoms with Gasteiger partial charge in [-0.3, -0.25) is 0 Å². The van der Waals surface area contributed by atoms with Crippen LogP contribution in [0.25, 0.3) is 0 Å². The quantitative estimate of drug-likeness (QED) is 0.821. The molecule has 0 amide bonds. The first-order valence-electron chi connectivity index (χ1n) is 6.28. The molecule has 0 saturated heterocycles. The first kappa shape index (κ1) is 11.5. The monoisotopic (exact) mass is 219 g/mol. The SMILES string of the molecule is CCNC(C)CCc1cccc2c1OCC2. The minimum atomic E-state index is 0.585. The Kier molecular flexibility index (Phi) is 3.83. The fourth-order valence-corrected chi connectivity index (χ4v) is 2.30. The summed E-state index contributed by atoms with van der Waals surface area (Å²) in [6, 6.07) is 7.12. The van der Waals surface area contributed by atoms with Gasteiger partial charge in [-0.1, -0.05) is 25.1 Å². The van der Waals surface area contributed by atoms with Crippen LogP contribution in [-0.2, 0) is 12.8 Å². The molecule has 0 saturated carbocycles. The van der Waals surface area contributed by atoms with Gasteiger partial charge in [0, 0.05) is 12.5 Å². The molecule has 1 aromatic rings. The molecule has 0 radical (unpaired) electrons. The van der Waals surface area contributed by atoms with E-state index in [0.717, 1.165) is 31.7 Å². The molecule has 1 heterocycles. The van der Waals surface area contributed by atoms with Crippen LogP contribution in [0.15, 0.2) is 18.2 Å². The zero-order valence-electron chi connectivity index (χ0n) is 10.3. The molecule has 2 heteroatoms. The maximum atomic E-state index is 5.70. The zero-order chi connectivity index (χ0) is 11.4. The Morgan fingerprint density at radius 2 is 2.31 bits per heavy atom. The summed E-state index contributed by atoms with van der Waals surface area (Å²) in [5.41, 5.74) is 2.76. The van der Waals surface area contributed by atoms with Crippen LogP contribution in [-0.4, -0.2) is 19.2 Å². The van der Waals surface area contributed by atoms with Crippen LogP contribution in [0.2, 0.25) is 0 Å². The van der Waals surface area contributed by atoms with Gasteiger partial charge in [0.25, 0.3) is 0 Å². The highest BCUT2D eigenvalue weighted by Crippen LogP contribution is 2.30. The predicted molar refractivity (Wildman–Crippen MR) is 67.1 cm³/mol. The van der Waals surface area contributed by atoms with Gasteiger partial charge in [-0.2, -0.15) is 0 Å². The van der Waals surface area contributed by atoms with E-state index in [0.29, 0.717) is 6.04 Å². The van der Waals surface area contributed by atoms with Gasteiger partial charge in [-0.25, -0.2) is 0 Å². The Morgan fingerprint density at radius 3 is 3.12 bits per heavy atom. The number of rotatable bonds is 5. The highest BCUT2D eigenvalue weighted by Gasteiger charge is 2.15. The van der Waals surface area contributed by atoms with Gasteiger partial charge in [0.2, 0.25) is 0 Å². The molecule has 16 heavy (non-hydrogen) atoms. The highest BCUT2D eigenvalue weighted by molar-refractivity contribution is 5.44. The van der Waals surface area contributed by atoms with E-state index in [1.165, 1.54) is 17.5 Å². The van der Waals surface area contributed by atoms with Crippen molar-refractivity contribution < 1.29 is 4.74 Å². The van der Waals surface area contributed by atoms with E-state index in [4.69, 9.17) is 4.74 Å². The van der Waals surface area contributed by atoms with Crippen molar-refractivity contribution in [2.45, 2.75) is 39.2 Å². The van der Waals surface area contributed by atoms with Crippen LogP contribution in [0.5, 0.6) is 5.75 Å². The van der Waals surface area contributed by atoms with Gasteiger partial charge >= 0.3 is 0 Å². The largest absolute Gasteiger partial charge is 0.493 e. The third kappa shape index (κ3) is 2.56. The maximum absolute atomic E-state index is 5.70. The van der Waals surface area contributed by atoms with Crippen LogP contribution >= 0.6 is 0 Å². The van der Waals surface area contributed by atoms with Crippen LogP contribution in [0, 0.1) is 0 Å². The first-order valence-corrected chi connectivity index (χ1v) is 6.28. The summed E-state index contributed by atoms with van der Waals surface area (Å²) in [5, 5.41) is 3.44. The average molecular weight is 219 g/mol. The van der Waals surface area contributed by atoms with Gasteiger partial charge in [0.1, 0.15) is 5.75 Å². The maximum Gasteiger partial charge on any atom is 0.125 e. The molecular formula is C14H21NO. The fourth-order valence-electron chi connectivity index (χ4n) is 2.30. The molecular weight excluding hydrogens is 198 g/mol. The van der Waals surface area contributed by atoms with E-state index < -0.39 is 0 Å². The van der Waals surface area contributed by atoms with Crippen LogP contribution in [0.1, 0.15) is 31.4 Å². The lowest BCUT2D eigenvalue weighted by molar-refractivity contribution is 0.352. The van der Waals surface area contributed by atoms with Crippen molar-refractivity contribution in [1.29, 1.82) is 0 Å². The van der Waals surface area contributed by atoms with Crippen molar-refractivity contribution in [3.63, 3.8) is 0 Å². The number of hydrogen-bond acceptors (Lipinski definition) is 2. The van der Waals surface area contributed by atoms with Gasteiger partial charge < -0.3 is 10.1 Å². The van der Waals surface area contributed by atoms with Gasteiger partial charge in [0.15, 0.2) is 0 Å². The Hall–Kier alpha value is -1.02. The summed E-state index contributed by atoms with van der Waals surface area (Å²) in [7, 11) is 0. The summed E-state index contributed by atoms with van der Waals surface area (Å²) in [6.45, 7) is 6.30. The molecule has 1 N–H and O–H groups in total. The number of ether oxygens (including phenoxy) is 1. The van der Waals surface area contributed by atoms with Crippen molar-refractivity contribution in [1.82, 2.24) is 5.32 Å². The van der Waals surface area contributed by atoms with E-state index in [-0.39, 0.29) is 0 Å². The number of aryl methyl sites for hydroxylation is 1. The second kappa shape index (κ2) is 5.35. The summed E-state index contributed by atoms with van der Waals surface area (Å²) in [4.78, 5) is 0. The van der Waals surface area contributed by atoms with Crippen molar-refractivity contribution >= 4 is 0 Å². The smallest absolute Gasteiger partial charge is 0.125 e. The zero-order valence-corrected chi connectivity index (χ0v) is 10.3. The minimum absolute atomic E-state index is 0.585. The number of hydrogen-bond donors (Lipinski definition) is 1. The topological polar surface area (TPSA) is 21.3 Å². The highest BCUT2D eigenvalue weighted by atomic mass is 16.5. The normalized spacial score (nSPS) is 15.6. The number of para-hydroxylation sites is 1. The molecule has 1 unspecified atom stereocenters. The van der Waals surface area contributed by atoms with Crippen molar-refractivity contribution in [2.24, 2.45) is 0 Å². The molecule has 0 spiro atoms. The first-order chi connectivity index (χ1) is 7.81. The van der Waals surface area contributed by atoms with Crippen LogP contribution < -0.4 is 10.1 Å². The van der Waals surface area contributed by atoms with E-state index in [1.54, 1.807) is 0 Å². The Labute approximate surface area is 98.0 Å². The van der Waals surface area contributed by atoms with Gasteiger partial charge in [-0.15, -0.1) is 0 Å². The lowest BCUT2D eigenvalue weighted by Crippen LogP contribution is -2.25. The third-order valence-corrected chi connectivity index (χ3v) is 3.20. The molecule has 1 aromatic carbocycles. The summed E-state index contributed by atoms with van der Waals surface area (Å²) in [5.74, 6) is 1.16. The molecule has 0 aromatic heterocycles. The van der Waals surface area contributed by atoms with Crippen LogP contribution in [0.3, 0.4) is 0 Å². The van der Waals surface area contributed by atoms with E-state index >= 15 is 0 Å². The number of benzene rings is 1. The Balaban J connectivity index is 1.97. The van der Waals surface area contributed by atoms with Crippen LogP contribution in [0.4, 0.5) is 0 Å². The summed E-state index contributed by atoms with van der Waals surface area (Å²) >= 11 is 0. The third-order valence-electron chi connectivity index (χ3n) is 3.20. The molecule has 1 aliphatic rings. The molecule has 2 nitrogen and oxygen atoms in total. The van der Waals surface area contributed by atoms with Gasteiger partial charge in [-0.05, 0) is 37.4 Å². The lowest BCUT2D eigenvalue weighted by atomic mass is 10.0. The van der Waals surface area contributed by atoms with E-state index in [9.17, 15) is 0 Å². The molecule has 2 rings (SSSR count). The van der Waals surface area contributed by atoms with Gasteiger partial charge in [0.05, 0.1) is 6.61 Å². The van der Waals surface area contributed by atoms with E-state index in [1.807, 2.05) is 0 Å². The van der Waals surface area contributed by atoms with Crippen molar-refractivity contribution in [3.8, 4) is 5.75 Å². The van der Waals surface area contributed by atoms with Crippen molar-refractivity contribution in [2.75, 3.05) is 13.2 Å². The number of fused-ring (bicyclic) bond motifs is 1. The molecule has 0 fully saturated rings. The summed E-state index contributed by atoms with van der Waals surface area (Å²) < 4.78 is 5.70. The number of nitrogens with one attached hydrogen (secondary N) is 1. The molecule has 0 aliphatic carbocycles. The second-order valence-corrected chi connectivity index (χ2v) is 4.50. The predicted octanol–water partition coefficient (Wildman–Crippen LogP) is 2.55. The second-order valence-electron chi connectivity index (χ2n) is 4.50. The minimum Gasteiger partial charge on any atom is -0.493 e. The molecule has 88 valence electrons. The summed E-state index contributed by atoms with van der Waals surface area (Å²) in [6.07, 6.45) is 3.36. The van der Waals surface area contributed by atoms with Crippen molar-refractivity contribution in [3.05, 3.63) is 29.3 Å². The fraction of sp³-hybridized carbons (Fsp3) is 0.571. The Bertz CT molecular complexity index is 349. The Morgan fingerprint density at radius 1 is 1.44 bits per heavy atom. The molecule has 1 atom stereocenters. The average Bonchev–Trinajstić information content (AvgIpc) is 2.75. The van der Waals surface area contributed by atoms with E-state index in [2.05, 4.69) is 37.4 Å². The standard InChI is InChI=1S/C14H21NO/c1-3-15-11(2)7-8-12-5-4-6-13-9-10-16-14(12)13/h4-6,11,15H,3,7-10H2,1-2H3.